The average molecular weight is 371 g/mol. The van der Waals surface area contributed by atoms with E-state index in [9.17, 15) is 0 Å². The first-order valence-electron chi connectivity index (χ1n) is 7.76. The van der Waals surface area contributed by atoms with Crippen LogP contribution in [0.15, 0.2) is 36.4 Å². The van der Waals surface area contributed by atoms with Crippen LogP contribution in [-0.2, 0) is 4.74 Å². The van der Waals surface area contributed by atoms with Crippen LogP contribution < -0.4 is 5.32 Å². The number of aromatic nitrogens is 2. The molecule has 0 atom stereocenters. The third-order valence-electron chi connectivity index (χ3n) is 3.72. The molecular formula is C17H24Cl2N4O. The minimum Gasteiger partial charge on any atom is -0.379 e. The SMILES string of the molecule is Cc1cc(NCCN2CCOCC2)nc(-c2ccccc2)n1.Cl.Cl. The number of nitrogens with one attached hydrogen (secondary N) is 1. The van der Waals surface area contributed by atoms with Crippen molar-refractivity contribution in [3.05, 3.63) is 42.1 Å². The zero-order valence-electron chi connectivity index (χ0n) is 13.8. The van der Waals surface area contributed by atoms with Crippen LogP contribution in [0.1, 0.15) is 5.69 Å². The van der Waals surface area contributed by atoms with E-state index in [2.05, 4.69) is 20.2 Å². The highest BCUT2D eigenvalue weighted by atomic mass is 35.5. The first-order chi connectivity index (χ1) is 10.8. The number of halogens is 2. The van der Waals surface area contributed by atoms with Gasteiger partial charge < -0.3 is 10.1 Å². The predicted molar refractivity (Wildman–Crippen MR) is 102 cm³/mol. The molecule has 0 amide bonds. The van der Waals surface area contributed by atoms with E-state index in [1.165, 1.54) is 0 Å². The summed E-state index contributed by atoms with van der Waals surface area (Å²) in [6, 6.07) is 12.1. The Morgan fingerprint density at radius 1 is 1.08 bits per heavy atom. The molecule has 0 saturated carbocycles. The summed E-state index contributed by atoms with van der Waals surface area (Å²) < 4.78 is 5.36. The minimum absolute atomic E-state index is 0. The quantitative estimate of drug-likeness (QED) is 0.876. The lowest BCUT2D eigenvalue weighted by molar-refractivity contribution is 0.0398. The van der Waals surface area contributed by atoms with E-state index in [0.717, 1.165) is 62.3 Å². The van der Waals surface area contributed by atoms with E-state index in [0.29, 0.717) is 0 Å². The van der Waals surface area contributed by atoms with E-state index >= 15 is 0 Å². The number of hydrogen-bond acceptors (Lipinski definition) is 5. The van der Waals surface area contributed by atoms with Crippen LogP contribution >= 0.6 is 24.8 Å². The summed E-state index contributed by atoms with van der Waals surface area (Å²) in [5.74, 6) is 1.66. The lowest BCUT2D eigenvalue weighted by Gasteiger charge is -2.26. The average Bonchev–Trinajstić information content (AvgIpc) is 2.56. The molecule has 0 bridgehead atoms. The van der Waals surface area contributed by atoms with Crippen LogP contribution in [0.4, 0.5) is 5.82 Å². The molecule has 0 unspecified atom stereocenters. The Kier molecular flexibility index (Phi) is 9.00. The summed E-state index contributed by atoms with van der Waals surface area (Å²) in [7, 11) is 0. The van der Waals surface area contributed by atoms with Crippen LogP contribution in [-0.4, -0.2) is 54.3 Å². The Morgan fingerprint density at radius 3 is 2.50 bits per heavy atom. The molecule has 3 rings (SSSR count). The van der Waals surface area contributed by atoms with Gasteiger partial charge in [-0.2, -0.15) is 0 Å². The molecule has 7 heteroatoms. The van der Waals surface area contributed by atoms with Gasteiger partial charge in [-0.15, -0.1) is 24.8 Å². The normalized spacial score (nSPS) is 14.4. The Bertz CT molecular complexity index is 607. The molecule has 1 aromatic carbocycles. The number of morpholine rings is 1. The second-order valence-corrected chi connectivity index (χ2v) is 5.46. The van der Waals surface area contributed by atoms with Gasteiger partial charge in [0.15, 0.2) is 5.82 Å². The van der Waals surface area contributed by atoms with Gasteiger partial charge >= 0.3 is 0 Å². The maximum atomic E-state index is 5.36. The smallest absolute Gasteiger partial charge is 0.161 e. The Labute approximate surface area is 155 Å². The van der Waals surface area contributed by atoms with Crippen molar-refractivity contribution in [1.29, 1.82) is 0 Å². The molecule has 2 aromatic rings. The Morgan fingerprint density at radius 2 is 1.79 bits per heavy atom. The number of nitrogens with zero attached hydrogens (tertiary/aromatic N) is 3. The molecular weight excluding hydrogens is 347 g/mol. The number of rotatable bonds is 5. The number of hydrogen-bond donors (Lipinski definition) is 1. The second kappa shape index (κ2) is 10.5. The van der Waals surface area contributed by atoms with E-state index in [1.807, 2.05) is 43.3 Å². The number of benzene rings is 1. The standard InChI is InChI=1S/C17H22N4O.2ClH/c1-14-13-16(18-7-8-21-9-11-22-12-10-21)20-17(19-14)15-5-3-2-4-6-15;;/h2-6,13H,7-12H2,1H3,(H,18,19,20);2*1H. The van der Waals surface area contributed by atoms with Crippen molar-refractivity contribution in [3.8, 4) is 11.4 Å². The van der Waals surface area contributed by atoms with Crippen molar-refractivity contribution in [2.24, 2.45) is 0 Å². The summed E-state index contributed by atoms with van der Waals surface area (Å²) in [6.07, 6.45) is 0. The number of aryl methyl sites for hydroxylation is 1. The van der Waals surface area contributed by atoms with Crippen molar-refractivity contribution < 1.29 is 4.74 Å². The van der Waals surface area contributed by atoms with Crippen molar-refractivity contribution in [3.63, 3.8) is 0 Å². The molecule has 5 nitrogen and oxygen atoms in total. The van der Waals surface area contributed by atoms with Gasteiger partial charge in [0.1, 0.15) is 5.82 Å². The molecule has 0 aliphatic carbocycles. The van der Waals surface area contributed by atoms with E-state index < -0.39 is 0 Å². The number of ether oxygens (including phenoxy) is 1. The lowest BCUT2D eigenvalue weighted by atomic mass is 10.2. The Hall–Kier alpha value is -1.40. The van der Waals surface area contributed by atoms with Gasteiger partial charge in [0.05, 0.1) is 13.2 Å². The molecule has 1 aliphatic rings. The zero-order valence-corrected chi connectivity index (χ0v) is 15.4. The van der Waals surface area contributed by atoms with Crippen LogP contribution in [0, 0.1) is 6.92 Å². The fourth-order valence-electron chi connectivity index (χ4n) is 2.54. The van der Waals surface area contributed by atoms with Gasteiger partial charge in [0, 0.05) is 43.5 Å². The lowest BCUT2D eigenvalue weighted by Crippen LogP contribution is -2.39. The largest absolute Gasteiger partial charge is 0.379 e. The zero-order chi connectivity index (χ0) is 15.2. The van der Waals surface area contributed by atoms with Crippen LogP contribution in [0.3, 0.4) is 0 Å². The van der Waals surface area contributed by atoms with E-state index in [4.69, 9.17) is 4.74 Å². The fraction of sp³-hybridized carbons (Fsp3) is 0.412. The molecule has 24 heavy (non-hydrogen) atoms. The summed E-state index contributed by atoms with van der Waals surface area (Å²) in [6.45, 7) is 7.59. The summed E-state index contributed by atoms with van der Waals surface area (Å²) in [4.78, 5) is 11.6. The van der Waals surface area contributed by atoms with E-state index in [1.54, 1.807) is 0 Å². The third kappa shape index (κ3) is 5.91. The van der Waals surface area contributed by atoms with Gasteiger partial charge in [-0.25, -0.2) is 9.97 Å². The van der Waals surface area contributed by atoms with Crippen molar-refractivity contribution in [2.45, 2.75) is 6.92 Å². The van der Waals surface area contributed by atoms with Gasteiger partial charge in [0.2, 0.25) is 0 Å². The predicted octanol–water partition coefficient (Wildman–Crippen LogP) is 3.04. The fourth-order valence-corrected chi connectivity index (χ4v) is 2.54. The van der Waals surface area contributed by atoms with Gasteiger partial charge in [0.25, 0.3) is 0 Å². The molecule has 132 valence electrons. The van der Waals surface area contributed by atoms with Gasteiger partial charge in [-0.05, 0) is 6.92 Å². The summed E-state index contributed by atoms with van der Waals surface area (Å²) in [5, 5.41) is 3.41. The highest BCUT2D eigenvalue weighted by Crippen LogP contribution is 2.17. The molecule has 1 fully saturated rings. The highest BCUT2D eigenvalue weighted by molar-refractivity contribution is 5.85. The summed E-state index contributed by atoms with van der Waals surface area (Å²) >= 11 is 0. The Balaban J connectivity index is 0.00000144. The van der Waals surface area contributed by atoms with Crippen LogP contribution in [0.5, 0.6) is 0 Å². The van der Waals surface area contributed by atoms with E-state index in [-0.39, 0.29) is 24.8 Å². The molecule has 2 heterocycles. The van der Waals surface area contributed by atoms with Crippen molar-refractivity contribution in [2.75, 3.05) is 44.7 Å². The third-order valence-corrected chi connectivity index (χ3v) is 3.72. The van der Waals surface area contributed by atoms with Crippen molar-refractivity contribution in [1.82, 2.24) is 14.9 Å². The van der Waals surface area contributed by atoms with Gasteiger partial charge in [-0.1, -0.05) is 30.3 Å². The molecule has 1 aromatic heterocycles. The summed E-state index contributed by atoms with van der Waals surface area (Å²) in [5.41, 5.74) is 2.02. The van der Waals surface area contributed by atoms with Gasteiger partial charge in [-0.3, -0.25) is 4.90 Å². The second-order valence-electron chi connectivity index (χ2n) is 5.46. The van der Waals surface area contributed by atoms with Crippen LogP contribution in [0.25, 0.3) is 11.4 Å². The molecule has 0 spiro atoms. The first kappa shape index (κ1) is 20.6. The van der Waals surface area contributed by atoms with Crippen molar-refractivity contribution >= 4 is 30.6 Å². The maximum absolute atomic E-state index is 5.36. The topological polar surface area (TPSA) is 50.3 Å². The molecule has 1 N–H and O–H groups in total. The first-order valence-corrected chi connectivity index (χ1v) is 7.76. The molecule has 1 saturated heterocycles. The molecule has 0 radical (unpaired) electrons. The number of anilines is 1. The minimum atomic E-state index is 0. The maximum Gasteiger partial charge on any atom is 0.161 e. The van der Waals surface area contributed by atoms with Crippen LogP contribution in [0.2, 0.25) is 0 Å². The monoisotopic (exact) mass is 370 g/mol. The highest BCUT2D eigenvalue weighted by Gasteiger charge is 2.10. The molecule has 1 aliphatic heterocycles.